The number of nitrogens with zero attached hydrogens (tertiary/aromatic N) is 6. The maximum absolute atomic E-state index is 6.15. The van der Waals surface area contributed by atoms with E-state index in [9.17, 15) is 0 Å². The van der Waals surface area contributed by atoms with Gasteiger partial charge in [-0.15, -0.1) is 0 Å². The van der Waals surface area contributed by atoms with Crippen LogP contribution in [-0.4, -0.2) is 61.1 Å². The molecule has 1 saturated heterocycles. The summed E-state index contributed by atoms with van der Waals surface area (Å²) >= 11 is 6.15. The van der Waals surface area contributed by atoms with Crippen LogP contribution in [0.1, 0.15) is 12.8 Å². The highest BCUT2D eigenvalue weighted by Crippen LogP contribution is 2.27. The van der Waals surface area contributed by atoms with Gasteiger partial charge in [0, 0.05) is 29.9 Å². The second kappa shape index (κ2) is 7.03. The number of rotatable bonds is 4. The fraction of sp³-hybridized carbons (Fsp3) is 0.368. The van der Waals surface area contributed by atoms with E-state index in [0.717, 1.165) is 41.9 Å². The summed E-state index contributed by atoms with van der Waals surface area (Å²) in [5, 5.41) is 9.38. The average Bonchev–Trinajstić information content (AvgIpc) is 3.30. The molecule has 1 aliphatic rings. The molecule has 8 nitrogen and oxygen atoms in total. The van der Waals surface area contributed by atoms with Crippen molar-refractivity contribution in [3.05, 3.63) is 35.9 Å². The second-order valence-electron chi connectivity index (χ2n) is 7.36. The van der Waals surface area contributed by atoms with Gasteiger partial charge in [-0.2, -0.15) is 10.1 Å². The largest absolute Gasteiger partial charge is 0.354 e. The normalized spacial score (nSPS) is 16.2. The predicted octanol–water partition coefficient (Wildman–Crippen LogP) is 3.07. The van der Waals surface area contributed by atoms with Gasteiger partial charge in [0.2, 0.25) is 5.95 Å². The predicted molar refractivity (Wildman–Crippen MR) is 110 cm³/mol. The first-order valence-electron chi connectivity index (χ1n) is 9.44. The SMILES string of the molecule is CN1CCC(CNc2ncc3c(-c4ccc5ncc(Cl)n5n4)c[nH]c3n2)CC1. The number of aromatic amines is 1. The third kappa shape index (κ3) is 3.18. The highest BCUT2D eigenvalue weighted by molar-refractivity contribution is 6.29. The van der Waals surface area contributed by atoms with E-state index in [0.29, 0.717) is 22.7 Å². The number of halogens is 1. The van der Waals surface area contributed by atoms with Gasteiger partial charge in [0.25, 0.3) is 0 Å². The number of fused-ring (bicyclic) bond motifs is 2. The molecule has 0 radical (unpaired) electrons. The van der Waals surface area contributed by atoms with E-state index in [1.807, 2.05) is 24.5 Å². The maximum atomic E-state index is 6.15. The van der Waals surface area contributed by atoms with Crippen molar-refractivity contribution in [2.45, 2.75) is 12.8 Å². The van der Waals surface area contributed by atoms with Gasteiger partial charge in [-0.05, 0) is 51.0 Å². The Morgan fingerprint density at radius 2 is 2.07 bits per heavy atom. The number of anilines is 1. The van der Waals surface area contributed by atoms with E-state index >= 15 is 0 Å². The first-order valence-corrected chi connectivity index (χ1v) is 9.82. The van der Waals surface area contributed by atoms with Crippen molar-refractivity contribution >= 4 is 34.2 Å². The molecular formula is C19H21ClN8. The van der Waals surface area contributed by atoms with E-state index in [1.165, 1.54) is 12.8 Å². The fourth-order valence-electron chi connectivity index (χ4n) is 3.70. The summed E-state index contributed by atoms with van der Waals surface area (Å²) in [5.74, 6) is 1.33. The Bertz CT molecular complexity index is 1130. The van der Waals surface area contributed by atoms with Gasteiger partial charge in [0.1, 0.15) is 5.65 Å². The molecule has 0 spiro atoms. The number of H-pyrrole nitrogens is 1. The van der Waals surface area contributed by atoms with Crippen molar-refractivity contribution in [3.8, 4) is 11.3 Å². The molecule has 0 bridgehead atoms. The number of aromatic nitrogens is 6. The first kappa shape index (κ1) is 17.4. The molecule has 0 unspecified atom stereocenters. The van der Waals surface area contributed by atoms with Gasteiger partial charge in [-0.1, -0.05) is 11.6 Å². The number of hydrogen-bond acceptors (Lipinski definition) is 6. The monoisotopic (exact) mass is 396 g/mol. The number of hydrogen-bond donors (Lipinski definition) is 2. The van der Waals surface area contributed by atoms with Crippen molar-refractivity contribution in [2.24, 2.45) is 5.92 Å². The van der Waals surface area contributed by atoms with Crippen LogP contribution >= 0.6 is 11.6 Å². The summed E-state index contributed by atoms with van der Waals surface area (Å²) in [6, 6.07) is 3.82. The van der Waals surface area contributed by atoms with Crippen molar-refractivity contribution in [1.82, 2.24) is 34.4 Å². The minimum Gasteiger partial charge on any atom is -0.354 e. The third-order valence-corrected chi connectivity index (χ3v) is 5.67. The molecular weight excluding hydrogens is 376 g/mol. The maximum Gasteiger partial charge on any atom is 0.224 e. The van der Waals surface area contributed by atoms with Crippen LogP contribution < -0.4 is 5.32 Å². The van der Waals surface area contributed by atoms with Crippen molar-refractivity contribution in [2.75, 3.05) is 32.0 Å². The quantitative estimate of drug-likeness (QED) is 0.551. The molecule has 0 amide bonds. The lowest BCUT2D eigenvalue weighted by Crippen LogP contribution is -2.33. The molecule has 4 aromatic heterocycles. The smallest absolute Gasteiger partial charge is 0.224 e. The highest BCUT2D eigenvalue weighted by atomic mass is 35.5. The van der Waals surface area contributed by atoms with Gasteiger partial charge in [-0.25, -0.2) is 14.5 Å². The molecule has 28 heavy (non-hydrogen) atoms. The van der Waals surface area contributed by atoms with E-state index < -0.39 is 0 Å². The Hall–Kier alpha value is -2.71. The number of imidazole rings is 1. The van der Waals surface area contributed by atoms with Crippen molar-refractivity contribution in [1.29, 1.82) is 0 Å². The zero-order chi connectivity index (χ0) is 19.1. The lowest BCUT2D eigenvalue weighted by atomic mass is 9.97. The summed E-state index contributed by atoms with van der Waals surface area (Å²) in [5.41, 5.74) is 3.22. The van der Waals surface area contributed by atoms with Crippen LogP contribution in [-0.2, 0) is 0 Å². The molecule has 9 heteroatoms. The van der Waals surface area contributed by atoms with Crippen LogP contribution in [0.25, 0.3) is 27.9 Å². The minimum absolute atomic E-state index is 0.480. The Labute approximate surface area is 167 Å². The van der Waals surface area contributed by atoms with Crippen LogP contribution in [0, 0.1) is 5.92 Å². The highest BCUT2D eigenvalue weighted by Gasteiger charge is 2.17. The third-order valence-electron chi connectivity index (χ3n) is 5.42. The molecule has 0 saturated carbocycles. The van der Waals surface area contributed by atoms with Crippen molar-refractivity contribution < 1.29 is 0 Å². The molecule has 0 atom stereocenters. The Morgan fingerprint density at radius 1 is 1.21 bits per heavy atom. The lowest BCUT2D eigenvalue weighted by Gasteiger charge is -2.28. The van der Waals surface area contributed by atoms with Gasteiger partial charge in [-0.3, -0.25) is 0 Å². The standard InChI is InChI=1S/C19H21ClN8/c1-27-6-4-12(5-7-27)8-23-19-24-10-14-13(9-22-18(14)25-19)15-2-3-17-21-11-16(20)28(17)26-15/h2-3,9-12H,4-8H2,1H3,(H2,22,23,24,25). The number of piperidine rings is 1. The topological polar surface area (TPSA) is 87.0 Å². The zero-order valence-electron chi connectivity index (χ0n) is 15.6. The summed E-state index contributed by atoms with van der Waals surface area (Å²) in [4.78, 5) is 18.9. The van der Waals surface area contributed by atoms with E-state index in [-0.39, 0.29) is 0 Å². The second-order valence-corrected chi connectivity index (χ2v) is 7.74. The first-order chi connectivity index (χ1) is 13.7. The van der Waals surface area contributed by atoms with Crippen LogP contribution in [0.4, 0.5) is 5.95 Å². The summed E-state index contributed by atoms with van der Waals surface area (Å²) in [6.07, 6.45) is 7.76. The zero-order valence-corrected chi connectivity index (χ0v) is 16.3. The molecule has 2 N–H and O–H groups in total. The van der Waals surface area contributed by atoms with Crippen LogP contribution in [0.2, 0.25) is 5.15 Å². The van der Waals surface area contributed by atoms with Gasteiger partial charge in [0.15, 0.2) is 10.8 Å². The number of nitrogens with one attached hydrogen (secondary N) is 2. The molecule has 0 aromatic carbocycles. The number of likely N-dealkylation sites (tertiary alicyclic amines) is 1. The molecule has 4 aromatic rings. The summed E-state index contributed by atoms with van der Waals surface area (Å²) < 4.78 is 1.62. The van der Waals surface area contributed by atoms with Gasteiger partial charge >= 0.3 is 0 Å². The molecule has 5 heterocycles. The lowest BCUT2D eigenvalue weighted by molar-refractivity contribution is 0.226. The molecule has 0 aliphatic carbocycles. The van der Waals surface area contributed by atoms with Crippen molar-refractivity contribution in [3.63, 3.8) is 0 Å². The van der Waals surface area contributed by atoms with E-state index in [1.54, 1.807) is 10.7 Å². The summed E-state index contributed by atoms with van der Waals surface area (Å²) in [6.45, 7) is 3.22. The van der Waals surface area contributed by atoms with Gasteiger partial charge in [0.05, 0.1) is 11.9 Å². The molecule has 1 fully saturated rings. The molecule has 1 aliphatic heterocycles. The average molecular weight is 397 g/mol. The minimum atomic E-state index is 0.480. The van der Waals surface area contributed by atoms with E-state index in [2.05, 4.69) is 42.3 Å². The molecule has 5 rings (SSSR count). The van der Waals surface area contributed by atoms with Gasteiger partial charge < -0.3 is 15.2 Å². The molecule has 144 valence electrons. The Kier molecular flexibility index (Phi) is 4.37. The Morgan fingerprint density at radius 3 is 2.93 bits per heavy atom. The summed E-state index contributed by atoms with van der Waals surface area (Å²) in [7, 11) is 2.18. The van der Waals surface area contributed by atoms with Crippen LogP contribution in [0.3, 0.4) is 0 Å². The fourth-order valence-corrected chi connectivity index (χ4v) is 3.87. The van der Waals surface area contributed by atoms with Crippen LogP contribution in [0.15, 0.2) is 30.7 Å². The van der Waals surface area contributed by atoms with E-state index in [4.69, 9.17) is 11.6 Å². The Balaban J connectivity index is 1.37. The van der Waals surface area contributed by atoms with Crippen LogP contribution in [0.5, 0.6) is 0 Å².